The Morgan fingerprint density at radius 1 is 0.969 bits per heavy atom. The lowest BCUT2D eigenvalue weighted by molar-refractivity contribution is -0.135. The molecule has 3 aromatic rings. The Hall–Kier alpha value is -3.03. The number of anilines is 1. The Morgan fingerprint density at radius 2 is 1.56 bits per heavy atom. The van der Waals surface area contributed by atoms with E-state index < -0.39 is 5.92 Å². The number of nitrogens with zero attached hydrogens (tertiary/aromatic N) is 3. The second-order valence-corrected chi connectivity index (χ2v) is 8.87. The number of amides is 2. The molecule has 0 aliphatic rings. The van der Waals surface area contributed by atoms with Crippen molar-refractivity contribution in [3.8, 4) is 0 Å². The number of aryl methyl sites for hydroxylation is 1. The number of thiazole rings is 1. The Kier molecular flexibility index (Phi) is 8.53. The summed E-state index contributed by atoms with van der Waals surface area (Å²) in [4.78, 5) is 34.7. The van der Waals surface area contributed by atoms with Crippen LogP contribution < -0.4 is 5.32 Å². The summed E-state index contributed by atoms with van der Waals surface area (Å²) < 4.78 is 0. The number of aromatic nitrogens is 1. The van der Waals surface area contributed by atoms with Crippen molar-refractivity contribution in [2.75, 3.05) is 39.0 Å². The zero-order valence-corrected chi connectivity index (χ0v) is 19.6. The highest BCUT2D eigenvalue weighted by Gasteiger charge is 2.28. The number of nitrogens with one attached hydrogen (secondary N) is 1. The molecule has 2 amide bonds. The Bertz CT molecular complexity index is 966. The zero-order valence-electron chi connectivity index (χ0n) is 18.8. The summed E-state index contributed by atoms with van der Waals surface area (Å²) in [6, 6.07) is 19.5. The number of hydrogen-bond donors (Lipinski definition) is 1. The fourth-order valence-corrected chi connectivity index (χ4v) is 4.24. The highest BCUT2D eigenvalue weighted by atomic mass is 32.1. The maximum atomic E-state index is 13.8. The highest BCUT2D eigenvalue weighted by Crippen LogP contribution is 2.27. The van der Waals surface area contributed by atoms with Crippen LogP contribution in [-0.4, -0.2) is 60.3 Å². The molecule has 0 unspecified atom stereocenters. The number of benzene rings is 2. The van der Waals surface area contributed by atoms with Gasteiger partial charge in [0, 0.05) is 11.9 Å². The molecule has 0 saturated heterocycles. The van der Waals surface area contributed by atoms with Crippen LogP contribution in [0.4, 0.5) is 5.13 Å². The van der Waals surface area contributed by atoms with Crippen LogP contribution in [0.3, 0.4) is 0 Å². The summed E-state index contributed by atoms with van der Waals surface area (Å²) in [6.07, 6.45) is 0.776. The maximum absolute atomic E-state index is 13.8. The van der Waals surface area contributed by atoms with E-state index in [1.165, 1.54) is 11.3 Å². The quantitative estimate of drug-likeness (QED) is 0.507. The van der Waals surface area contributed by atoms with Gasteiger partial charge in [0.2, 0.25) is 11.8 Å². The minimum atomic E-state index is -0.466. The van der Waals surface area contributed by atoms with E-state index in [1.807, 2.05) is 87.1 Å². The van der Waals surface area contributed by atoms with Crippen LogP contribution in [0.15, 0.2) is 66.0 Å². The number of rotatable bonds is 10. The predicted molar refractivity (Wildman–Crippen MR) is 130 cm³/mol. The number of carbonyl (C=O) groups is 2. The molecule has 0 atom stereocenters. The molecule has 0 bridgehead atoms. The molecule has 0 spiro atoms. The second kappa shape index (κ2) is 11.5. The number of hydrogen-bond acceptors (Lipinski definition) is 5. The zero-order chi connectivity index (χ0) is 22.9. The molecule has 168 valence electrons. The van der Waals surface area contributed by atoms with E-state index in [1.54, 1.807) is 4.90 Å². The van der Waals surface area contributed by atoms with E-state index >= 15 is 0 Å². The van der Waals surface area contributed by atoms with Crippen molar-refractivity contribution in [3.63, 3.8) is 0 Å². The summed E-state index contributed by atoms with van der Waals surface area (Å²) in [5, 5.41) is 5.27. The van der Waals surface area contributed by atoms with E-state index in [4.69, 9.17) is 0 Å². The third-order valence-electron chi connectivity index (χ3n) is 5.06. The van der Waals surface area contributed by atoms with Crippen molar-refractivity contribution in [1.29, 1.82) is 0 Å². The molecule has 32 heavy (non-hydrogen) atoms. The van der Waals surface area contributed by atoms with Gasteiger partial charge in [-0.15, -0.1) is 11.3 Å². The van der Waals surface area contributed by atoms with Gasteiger partial charge >= 0.3 is 0 Å². The molecule has 1 aromatic heterocycles. The SMILES string of the molecule is Cc1csc(NC(=O)CN(CCCN(C)C)C(=O)C(c2ccccc2)c2ccccc2)n1. The van der Waals surface area contributed by atoms with Gasteiger partial charge in [0.15, 0.2) is 5.13 Å². The van der Waals surface area contributed by atoms with E-state index in [0.29, 0.717) is 11.7 Å². The van der Waals surface area contributed by atoms with Gasteiger partial charge in [0.25, 0.3) is 0 Å². The molecule has 6 nitrogen and oxygen atoms in total. The molecule has 0 fully saturated rings. The molecule has 0 saturated carbocycles. The monoisotopic (exact) mass is 450 g/mol. The first-order valence-electron chi connectivity index (χ1n) is 10.7. The molecule has 0 aliphatic carbocycles. The van der Waals surface area contributed by atoms with Crippen molar-refractivity contribution in [2.24, 2.45) is 0 Å². The lowest BCUT2D eigenvalue weighted by atomic mass is 9.90. The van der Waals surface area contributed by atoms with Crippen molar-refractivity contribution >= 4 is 28.3 Å². The summed E-state index contributed by atoms with van der Waals surface area (Å²) in [7, 11) is 4.00. The van der Waals surface area contributed by atoms with Gasteiger partial charge in [-0.05, 0) is 45.1 Å². The molecule has 1 N–H and O–H groups in total. The van der Waals surface area contributed by atoms with Gasteiger partial charge in [-0.25, -0.2) is 4.98 Å². The Balaban J connectivity index is 1.84. The largest absolute Gasteiger partial charge is 0.333 e. The lowest BCUT2D eigenvalue weighted by Crippen LogP contribution is -2.42. The highest BCUT2D eigenvalue weighted by molar-refractivity contribution is 7.13. The van der Waals surface area contributed by atoms with Crippen molar-refractivity contribution in [2.45, 2.75) is 19.3 Å². The van der Waals surface area contributed by atoms with E-state index in [9.17, 15) is 9.59 Å². The first-order chi connectivity index (χ1) is 15.4. The molecular formula is C25H30N4O2S. The van der Waals surface area contributed by atoms with Gasteiger partial charge < -0.3 is 15.1 Å². The minimum absolute atomic E-state index is 0.0128. The van der Waals surface area contributed by atoms with Gasteiger partial charge in [0.1, 0.15) is 0 Å². The summed E-state index contributed by atoms with van der Waals surface area (Å²) in [5.74, 6) is -0.782. The summed E-state index contributed by atoms with van der Waals surface area (Å²) >= 11 is 1.38. The van der Waals surface area contributed by atoms with Gasteiger partial charge in [0.05, 0.1) is 18.2 Å². The average Bonchev–Trinajstić information content (AvgIpc) is 3.18. The van der Waals surface area contributed by atoms with Gasteiger partial charge in [-0.1, -0.05) is 60.7 Å². The molecule has 3 rings (SSSR count). The van der Waals surface area contributed by atoms with Crippen molar-refractivity contribution < 1.29 is 9.59 Å². The third-order valence-corrected chi connectivity index (χ3v) is 5.93. The van der Waals surface area contributed by atoms with Crippen LogP contribution in [0.1, 0.15) is 29.2 Å². The van der Waals surface area contributed by atoms with Crippen LogP contribution in [0.2, 0.25) is 0 Å². The van der Waals surface area contributed by atoms with Gasteiger partial charge in [-0.3, -0.25) is 9.59 Å². The normalized spacial score (nSPS) is 11.0. The molecular weight excluding hydrogens is 420 g/mol. The van der Waals surface area contributed by atoms with Crippen LogP contribution >= 0.6 is 11.3 Å². The predicted octanol–water partition coefficient (Wildman–Crippen LogP) is 4.00. The average molecular weight is 451 g/mol. The molecule has 7 heteroatoms. The summed E-state index contributed by atoms with van der Waals surface area (Å²) in [5.41, 5.74) is 2.69. The number of carbonyl (C=O) groups excluding carboxylic acids is 2. The minimum Gasteiger partial charge on any atom is -0.333 e. The first kappa shape index (κ1) is 23.6. The molecule has 0 aliphatic heterocycles. The Morgan fingerprint density at radius 3 is 2.06 bits per heavy atom. The van der Waals surface area contributed by atoms with E-state index in [2.05, 4.69) is 15.2 Å². The van der Waals surface area contributed by atoms with E-state index in [0.717, 1.165) is 29.8 Å². The Labute approximate surface area is 193 Å². The molecule has 1 heterocycles. The van der Waals surface area contributed by atoms with E-state index in [-0.39, 0.29) is 18.4 Å². The van der Waals surface area contributed by atoms with Crippen molar-refractivity contribution in [1.82, 2.24) is 14.8 Å². The first-order valence-corrected chi connectivity index (χ1v) is 11.6. The van der Waals surface area contributed by atoms with Crippen LogP contribution in [0.5, 0.6) is 0 Å². The third kappa shape index (κ3) is 6.73. The van der Waals surface area contributed by atoms with Crippen LogP contribution in [-0.2, 0) is 9.59 Å². The standard InChI is InChI=1S/C25H30N4O2S/c1-19-18-32-25(26-19)27-22(30)17-29(16-10-15-28(2)3)24(31)23(20-11-6-4-7-12-20)21-13-8-5-9-14-21/h4-9,11-14,18,23H,10,15-17H2,1-3H3,(H,26,27,30). The van der Waals surface area contributed by atoms with Crippen LogP contribution in [0, 0.1) is 6.92 Å². The fourth-order valence-electron chi connectivity index (χ4n) is 3.54. The maximum Gasteiger partial charge on any atom is 0.245 e. The summed E-state index contributed by atoms with van der Waals surface area (Å²) in [6.45, 7) is 3.20. The van der Waals surface area contributed by atoms with Crippen LogP contribution in [0.25, 0.3) is 0 Å². The van der Waals surface area contributed by atoms with Gasteiger partial charge in [-0.2, -0.15) is 0 Å². The lowest BCUT2D eigenvalue weighted by Gasteiger charge is -2.28. The van der Waals surface area contributed by atoms with Crippen molar-refractivity contribution in [3.05, 3.63) is 82.9 Å². The smallest absolute Gasteiger partial charge is 0.245 e. The second-order valence-electron chi connectivity index (χ2n) is 8.01. The topological polar surface area (TPSA) is 65.5 Å². The fraction of sp³-hybridized carbons (Fsp3) is 0.320. The molecule has 0 radical (unpaired) electrons. The molecule has 2 aromatic carbocycles.